The number of methoxy groups -OCH3 is 1. The highest BCUT2D eigenvalue weighted by Gasteiger charge is 2.33. The fourth-order valence-corrected chi connectivity index (χ4v) is 1.42. The van der Waals surface area contributed by atoms with Crippen molar-refractivity contribution in [1.29, 1.82) is 0 Å². The normalized spacial score (nSPS) is 13.8. The van der Waals surface area contributed by atoms with Crippen LogP contribution in [-0.2, 0) is 0 Å². The molecule has 0 heterocycles. The van der Waals surface area contributed by atoms with Crippen LogP contribution < -0.4 is 4.74 Å². The molecule has 14 heavy (non-hydrogen) atoms. The maximum absolute atomic E-state index is 9.69. The number of aliphatic hydroxyl groups is 1. The Kier molecular flexibility index (Phi) is 3.90. The van der Waals surface area contributed by atoms with E-state index in [1.165, 1.54) is 7.11 Å². The first-order valence-corrected chi connectivity index (χ1v) is 4.98. The van der Waals surface area contributed by atoms with Gasteiger partial charge in [-0.1, -0.05) is 53.0 Å². The van der Waals surface area contributed by atoms with E-state index in [1.807, 2.05) is 0 Å². The Bertz CT molecular complexity index is 309. The molecule has 1 aromatic rings. The van der Waals surface area contributed by atoms with Crippen molar-refractivity contribution in [2.45, 2.75) is 9.90 Å². The van der Waals surface area contributed by atoms with Gasteiger partial charge in [0.15, 0.2) is 0 Å². The Hall–Kier alpha value is -0.150. The van der Waals surface area contributed by atoms with Crippen molar-refractivity contribution in [3.63, 3.8) is 0 Å². The minimum Gasteiger partial charge on any atom is -0.496 e. The number of para-hydroxylation sites is 1. The molecule has 1 atom stereocenters. The molecular formula is C9H9Cl3O2. The van der Waals surface area contributed by atoms with Gasteiger partial charge in [-0.2, -0.15) is 0 Å². The van der Waals surface area contributed by atoms with E-state index in [2.05, 4.69) is 0 Å². The molecule has 0 aliphatic heterocycles. The molecule has 0 spiro atoms. The van der Waals surface area contributed by atoms with E-state index in [9.17, 15) is 5.11 Å². The summed E-state index contributed by atoms with van der Waals surface area (Å²) in [4.78, 5) is 0. The molecule has 1 N–H and O–H groups in total. The summed E-state index contributed by atoms with van der Waals surface area (Å²) in [7, 11) is 1.49. The third-order valence-corrected chi connectivity index (χ3v) is 2.36. The topological polar surface area (TPSA) is 29.5 Å². The molecular weight excluding hydrogens is 246 g/mol. The van der Waals surface area contributed by atoms with Crippen LogP contribution in [0.1, 0.15) is 11.7 Å². The summed E-state index contributed by atoms with van der Waals surface area (Å²) in [5.74, 6) is 0.492. The molecule has 0 aromatic heterocycles. The standard InChI is InChI=1S/C9H9Cl3O2/c1-14-7-5-3-2-4-6(7)8(13)9(10,11)12/h2-5,8,13H,1H3/t8-/m0/s1. The molecule has 0 saturated carbocycles. The largest absolute Gasteiger partial charge is 0.496 e. The predicted molar refractivity (Wildman–Crippen MR) is 58.2 cm³/mol. The van der Waals surface area contributed by atoms with E-state index in [0.717, 1.165) is 0 Å². The summed E-state index contributed by atoms with van der Waals surface area (Å²) >= 11 is 16.7. The van der Waals surface area contributed by atoms with Crippen molar-refractivity contribution in [2.75, 3.05) is 7.11 Å². The van der Waals surface area contributed by atoms with Gasteiger partial charge < -0.3 is 9.84 Å². The zero-order chi connectivity index (χ0) is 10.8. The smallest absolute Gasteiger partial charge is 0.220 e. The second kappa shape index (κ2) is 4.58. The van der Waals surface area contributed by atoms with Crippen molar-refractivity contribution in [3.05, 3.63) is 29.8 Å². The second-order valence-electron chi connectivity index (χ2n) is 2.69. The van der Waals surface area contributed by atoms with E-state index in [0.29, 0.717) is 11.3 Å². The lowest BCUT2D eigenvalue weighted by Crippen LogP contribution is -2.17. The van der Waals surface area contributed by atoms with Gasteiger partial charge in [-0.3, -0.25) is 0 Å². The minimum absolute atomic E-state index is 0.454. The minimum atomic E-state index is -1.76. The molecule has 1 rings (SSSR count). The Labute approximate surface area is 97.3 Å². The first-order valence-electron chi connectivity index (χ1n) is 3.84. The monoisotopic (exact) mass is 254 g/mol. The summed E-state index contributed by atoms with van der Waals surface area (Å²) in [6.45, 7) is 0. The molecule has 0 aliphatic rings. The highest BCUT2D eigenvalue weighted by atomic mass is 35.6. The number of halogens is 3. The molecule has 0 amide bonds. The molecule has 1 aromatic carbocycles. The van der Waals surface area contributed by atoms with Crippen LogP contribution in [0.4, 0.5) is 0 Å². The molecule has 0 unspecified atom stereocenters. The van der Waals surface area contributed by atoms with Crippen LogP contribution in [0.2, 0.25) is 0 Å². The number of aliphatic hydroxyl groups excluding tert-OH is 1. The van der Waals surface area contributed by atoms with Crippen molar-refractivity contribution < 1.29 is 9.84 Å². The van der Waals surface area contributed by atoms with Crippen LogP contribution in [0.5, 0.6) is 5.75 Å². The van der Waals surface area contributed by atoms with Crippen molar-refractivity contribution >= 4 is 34.8 Å². The van der Waals surface area contributed by atoms with Crippen LogP contribution in [0.3, 0.4) is 0 Å². The summed E-state index contributed by atoms with van der Waals surface area (Å²) in [6, 6.07) is 6.84. The van der Waals surface area contributed by atoms with E-state index >= 15 is 0 Å². The molecule has 0 bridgehead atoms. The fraction of sp³-hybridized carbons (Fsp3) is 0.333. The highest BCUT2D eigenvalue weighted by Crippen LogP contribution is 2.42. The van der Waals surface area contributed by atoms with Crippen LogP contribution in [0, 0.1) is 0 Å². The highest BCUT2D eigenvalue weighted by molar-refractivity contribution is 6.68. The van der Waals surface area contributed by atoms with Crippen LogP contribution in [-0.4, -0.2) is 16.0 Å². The maximum atomic E-state index is 9.69. The molecule has 0 fully saturated rings. The van der Waals surface area contributed by atoms with Crippen molar-refractivity contribution in [3.8, 4) is 5.75 Å². The number of ether oxygens (including phenoxy) is 1. The van der Waals surface area contributed by atoms with Gasteiger partial charge in [0.1, 0.15) is 11.9 Å². The van der Waals surface area contributed by atoms with E-state index in [4.69, 9.17) is 39.5 Å². The second-order valence-corrected chi connectivity index (χ2v) is 5.06. The lowest BCUT2D eigenvalue weighted by molar-refractivity contribution is 0.178. The van der Waals surface area contributed by atoms with Crippen LogP contribution >= 0.6 is 34.8 Å². The summed E-state index contributed by atoms with van der Waals surface area (Å²) in [6.07, 6.45) is -1.20. The zero-order valence-electron chi connectivity index (χ0n) is 7.38. The summed E-state index contributed by atoms with van der Waals surface area (Å²) in [5, 5.41) is 9.69. The molecule has 0 saturated heterocycles. The van der Waals surface area contributed by atoms with E-state index in [1.54, 1.807) is 24.3 Å². The van der Waals surface area contributed by atoms with Crippen molar-refractivity contribution in [2.24, 2.45) is 0 Å². The SMILES string of the molecule is COc1ccccc1[C@H](O)C(Cl)(Cl)Cl. The zero-order valence-corrected chi connectivity index (χ0v) is 9.64. The third kappa shape index (κ3) is 2.67. The van der Waals surface area contributed by atoms with E-state index < -0.39 is 9.90 Å². The number of alkyl halides is 3. The molecule has 0 radical (unpaired) electrons. The third-order valence-electron chi connectivity index (χ3n) is 1.74. The number of benzene rings is 1. The average molecular weight is 256 g/mol. The van der Waals surface area contributed by atoms with Gasteiger partial charge in [0, 0.05) is 5.56 Å². The maximum Gasteiger partial charge on any atom is 0.220 e. The van der Waals surface area contributed by atoms with Gasteiger partial charge in [-0.25, -0.2) is 0 Å². The fourth-order valence-electron chi connectivity index (χ4n) is 1.07. The Balaban J connectivity index is 3.06. The summed E-state index contributed by atoms with van der Waals surface area (Å²) in [5.41, 5.74) is 0.454. The lowest BCUT2D eigenvalue weighted by Gasteiger charge is -2.20. The van der Waals surface area contributed by atoms with Gasteiger partial charge in [-0.05, 0) is 6.07 Å². The van der Waals surface area contributed by atoms with Gasteiger partial charge in [0.2, 0.25) is 3.79 Å². The number of rotatable bonds is 2. The number of hydrogen-bond acceptors (Lipinski definition) is 2. The van der Waals surface area contributed by atoms with Crippen LogP contribution in [0.25, 0.3) is 0 Å². The Morgan fingerprint density at radius 2 is 1.86 bits per heavy atom. The predicted octanol–water partition coefficient (Wildman–Crippen LogP) is 3.10. The van der Waals surface area contributed by atoms with E-state index in [-0.39, 0.29) is 0 Å². The Morgan fingerprint density at radius 1 is 1.29 bits per heavy atom. The Morgan fingerprint density at radius 3 is 2.36 bits per heavy atom. The first-order chi connectivity index (χ1) is 6.46. The molecule has 0 aliphatic carbocycles. The van der Waals surface area contributed by atoms with Gasteiger partial charge in [0.25, 0.3) is 0 Å². The summed E-state index contributed by atoms with van der Waals surface area (Å²) < 4.78 is 3.27. The van der Waals surface area contributed by atoms with Gasteiger partial charge >= 0.3 is 0 Å². The van der Waals surface area contributed by atoms with Gasteiger partial charge in [0.05, 0.1) is 7.11 Å². The first kappa shape index (κ1) is 11.9. The quantitative estimate of drug-likeness (QED) is 0.823. The average Bonchev–Trinajstić information content (AvgIpc) is 2.15. The molecule has 2 nitrogen and oxygen atoms in total. The van der Waals surface area contributed by atoms with Gasteiger partial charge in [-0.15, -0.1) is 0 Å². The lowest BCUT2D eigenvalue weighted by atomic mass is 10.1. The van der Waals surface area contributed by atoms with Crippen LogP contribution in [0.15, 0.2) is 24.3 Å². The molecule has 78 valence electrons. The molecule has 5 heteroatoms. The number of hydrogen-bond donors (Lipinski definition) is 1. The van der Waals surface area contributed by atoms with Crippen molar-refractivity contribution in [1.82, 2.24) is 0 Å².